The van der Waals surface area contributed by atoms with Crippen LogP contribution in [0.2, 0.25) is 0 Å². The zero-order valence-electron chi connectivity index (χ0n) is 15.9. The molecule has 3 rings (SSSR count). The summed E-state index contributed by atoms with van der Waals surface area (Å²) in [6, 6.07) is 6.34. The van der Waals surface area contributed by atoms with Gasteiger partial charge in [0, 0.05) is 38.0 Å². The summed E-state index contributed by atoms with van der Waals surface area (Å²) in [5, 5.41) is 15.1. The van der Waals surface area contributed by atoms with Crippen LogP contribution in [0.25, 0.3) is 0 Å². The van der Waals surface area contributed by atoms with Gasteiger partial charge in [-0.2, -0.15) is 24.5 Å². The first-order valence-corrected chi connectivity index (χ1v) is 9.91. The fourth-order valence-electron chi connectivity index (χ4n) is 3.08. The van der Waals surface area contributed by atoms with E-state index >= 15 is 0 Å². The van der Waals surface area contributed by atoms with E-state index in [2.05, 4.69) is 22.1 Å². The predicted octanol–water partition coefficient (Wildman–Crippen LogP) is 2.84. The fourth-order valence-corrected chi connectivity index (χ4v) is 3.75. The number of fused-ring (bicyclic) bond motifs is 1. The molecule has 1 atom stereocenters. The van der Waals surface area contributed by atoms with Crippen molar-refractivity contribution in [2.75, 3.05) is 13.7 Å². The van der Waals surface area contributed by atoms with Gasteiger partial charge >= 0.3 is 12.1 Å². The van der Waals surface area contributed by atoms with E-state index < -0.39 is 12.1 Å². The van der Waals surface area contributed by atoms with Crippen LogP contribution in [0.1, 0.15) is 23.2 Å². The molecule has 6 nitrogen and oxygen atoms in total. The quantitative estimate of drug-likeness (QED) is 0.734. The lowest BCUT2D eigenvalue weighted by Crippen LogP contribution is -2.37. The maximum Gasteiger partial charge on any atom is 0.490 e. The molecule has 0 aliphatic heterocycles. The first-order chi connectivity index (χ1) is 13.7. The Hall–Kier alpha value is -2.17. The van der Waals surface area contributed by atoms with Gasteiger partial charge in [0.25, 0.3) is 5.56 Å². The summed E-state index contributed by atoms with van der Waals surface area (Å²) < 4.78 is 38.7. The van der Waals surface area contributed by atoms with Crippen molar-refractivity contribution in [3.8, 4) is 0 Å². The van der Waals surface area contributed by atoms with E-state index in [1.807, 2.05) is 10.6 Å². The lowest BCUT2D eigenvalue weighted by Gasteiger charge is -2.27. The summed E-state index contributed by atoms with van der Waals surface area (Å²) in [5.41, 5.74) is 3.92. The number of aromatic nitrogens is 1. The number of carboxylic acids is 1. The van der Waals surface area contributed by atoms with E-state index in [1.165, 1.54) is 16.8 Å². The maximum absolute atomic E-state index is 12.1. The molecule has 2 aromatic heterocycles. The first-order valence-electron chi connectivity index (χ1n) is 8.97. The smallest absolute Gasteiger partial charge is 0.475 e. The number of alkyl halides is 3. The van der Waals surface area contributed by atoms with Crippen molar-refractivity contribution in [3.63, 3.8) is 0 Å². The van der Waals surface area contributed by atoms with Crippen molar-refractivity contribution < 1.29 is 27.8 Å². The van der Waals surface area contributed by atoms with Crippen LogP contribution in [-0.2, 0) is 35.5 Å². The Balaban J connectivity index is 0.000000370. The molecular weight excluding hydrogens is 409 g/mol. The van der Waals surface area contributed by atoms with E-state index in [1.54, 1.807) is 24.5 Å². The molecule has 0 amide bonds. The van der Waals surface area contributed by atoms with Gasteiger partial charge in [-0.1, -0.05) is 6.07 Å². The van der Waals surface area contributed by atoms with E-state index in [0.717, 1.165) is 25.8 Å². The highest BCUT2D eigenvalue weighted by molar-refractivity contribution is 7.07. The van der Waals surface area contributed by atoms with Crippen molar-refractivity contribution in [2.45, 2.75) is 44.6 Å². The average molecular weight is 432 g/mol. The second-order valence-corrected chi connectivity index (χ2v) is 7.32. The Morgan fingerprint density at radius 3 is 2.69 bits per heavy atom. The number of hydrogen-bond donors (Lipinski definition) is 2. The molecule has 1 aliphatic rings. The number of thiophene rings is 1. The SMILES string of the molecule is COCCn1c2c(ccc1=O)CC(NCc1ccsc1)CC2.O=C(O)C(F)(F)F. The van der Waals surface area contributed by atoms with Gasteiger partial charge in [-0.3, -0.25) is 4.79 Å². The Morgan fingerprint density at radius 1 is 1.38 bits per heavy atom. The second kappa shape index (κ2) is 10.6. The van der Waals surface area contributed by atoms with Gasteiger partial charge in [-0.05, 0) is 47.2 Å². The summed E-state index contributed by atoms with van der Waals surface area (Å²) in [6.45, 7) is 2.15. The molecule has 1 aliphatic carbocycles. The number of nitrogens with zero attached hydrogens (tertiary/aromatic N) is 1. The van der Waals surface area contributed by atoms with Crippen LogP contribution in [0.3, 0.4) is 0 Å². The maximum atomic E-state index is 12.1. The van der Waals surface area contributed by atoms with Gasteiger partial charge in [-0.15, -0.1) is 0 Å². The van der Waals surface area contributed by atoms with Crippen LogP contribution >= 0.6 is 11.3 Å². The third kappa shape index (κ3) is 6.98. The zero-order chi connectivity index (χ0) is 21.4. The van der Waals surface area contributed by atoms with E-state index in [-0.39, 0.29) is 5.56 Å². The van der Waals surface area contributed by atoms with Gasteiger partial charge in [-0.25, -0.2) is 4.79 Å². The number of methoxy groups -OCH3 is 1. The number of hydrogen-bond acceptors (Lipinski definition) is 5. The molecule has 2 N–H and O–H groups in total. The number of halogens is 3. The van der Waals surface area contributed by atoms with Gasteiger partial charge in [0.15, 0.2) is 0 Å². The van der Waals surface area contributed by atoms with Crippen LogP contribution < -0.4 is 10.9 Å². The number of pyridine rings is 1. The summed E-state index contributed by atoms with van der Waals surface area (Å²) in [5.74, 6) is -2.76. The Labute approximate surface area is 169 Å². The Morgan fingerprint density at radius 2 is 2.10 bits per heavy atom. The minimum Gasteiger partial charge on any atom is -0.475 e. The minimum atomic E-state index is -5.08. The highest BCUT2D eigenvalue weighted by Gasteiger charge is 2.38. The average Bonchev–Trinajstić information content (AvgIpc) is 3.19. The minimum absolute atomic E-state index is 0.0838. The van der Waals surface area contributed by atoms with Crippen molar-refractivity contribution in [2.24, 2.45) is 0 Å². The summed E-state index contributed by atoms with van der Waals surface area (Å²) in [7, 11) is 1.67. The molecule has 2 aromatic rings. The molecular formula is C19H23F3N2O4S. The Kier molecular flexibility index (Phi) is 8.42. The number of carboxylic acid groups (broad SMARTS) is 1. The van der Waals surface area contributed by atoms with E-state index in [4.69, 9.17) is 14.6 Å². The molecule has 0 fully saturated rings. The highest BCUT2D eigenvalue weighted by Crippen LogP contribution is 2.21. The van der Waals surface area contributed by atoms with Crippen LogP contribution in [-0.4, -0.2) is 41.6 Å². The number of nitrogens with one attached hydrogen (secondary N) is 1. The number of carbonyl (C=O) groups is 1. The topological polar surface area (TPSA) is 80.6 Å². The lowest BCUT2D eigenvalue weighted by molar-refractivity contribution is -0.192. The van der Waals surface area contributed by atoms with Gasteiger partial charge in [0.1, 0.15) is 0 Å². The molecule has 29 heavy (non-hydrogen) atoms. The van der Waals surface area contributed by atoms with Gasteiger partial charge < -0.3 is 19.7 Å². The van der Waals surface area contributed by atoms with Crippen molar-refractivity contribution in [3.05, 3.63) is 56.1 Å². The largest absolute Gasteiger partial charge is 0.490 e. The van der Waals surface area contributed by atoms with Gasteiger partial charge in [0.2, 0.25) is 0 Å². The lowest BCUT2D eigenvalue weighted by atomic mass is 9.91. The molecule has 0 spiro atoms. The van der Waals surface area contributed by atoms with Crippen LogP contribution in [0, 0.1) is 0 Å². The van der Waals surface area contributed by atoms with Crippen LogP contribution in [0.5, 0.6) is 0 Å². The van der Waals surface area contributed by atoms with E-state index in [0.29, 0.717) is 19.2 Å². The summed E-state index contributed by atoms with van der Waals surface area (Å²) in [6.07, 6.45) is -2.06. The normalized spacial score (nSPS) is 15.9. The standard InChI is InChI=1S/C17H22N2O2S.C2HF3O2/c1-21-8-7-19-16-4-3-15(10-14(16)2-5-17(19)20)18-11-13-6-9-22-12-13;3-2(4,5)1(6)7/h2,5-6,9,12,15,18H,3-4,7-8,10-11H2,1H3;(H,6,7). The molecule has 1 unspecified atom stereocenters. The Bertz CT molecular complexity index is 850. The summed E-state index contributed by atoms with van der Waals surface area (Å²) in [4.78, 5) is 20.9. The highest BCUT2D eigenvalue weighted by atomic mass is 32.1. The molecule has 160 valence electrons. The zero-order valence-corrected chi connectivity index (χ0v) is 16.7. The third-order valence-corrected chi connectivity index (χ3v) is 5.25. The molecule has 10 heteroatoms. The summed E-state index contributed by atoms with van der Waals surface area (Å²) >= 11 is 1.74. The molecule has 0 radical (unpaired) electrons. The predicted molar refractivity (Wildman–Crippen MR) is 103 cm³/mol. The molecule has 0 bridgehead atoms. The second-order valence-electron chi connectivity index (χ2n) is 6.54. The number of rotatable bonds is 6. The van der Waals surface area contributed by atoms with Crippen molar-refractivity contribution in [1.29, 1.82) is 0 Å². The third-order valence-electron chi connectivity index (χ3n) is 4.52. The van der Waals surface area contributed by atoms with Gasteiger partial charge in [0.05, 0.1) is 6.61 Å². The van der Waals surface area contributed by atoms with Crippen molar-refractivity contribution in [1.82, 2.24) is 9.88 Å². The fraction of sp³-hybridized carbons (Fsp3) is 0.474. The molecule has 0 aromatic carbocycles. The number of ether oxygens (including phenoxy) is 1. The first kappa shape index (κ1) is 23.1. The van der Waals surface area contributed by atoms with Crippen LogP contribution in [0.15, 0.2) is 33.8 Å². The number of aliphatic carboxylic acids is 1. The monoisotopic (exact) mass is 432 g/mol. The molecule has 2 heterocycles. The van der Waals surface area contributed by atoms with Crippen LogP contribution in [0.4, 0.5) is 13.2 Å². The molecule has 0 saturated carbocycles. The van der Waals surface area contributed by atoms with Crippen molar-refractivity contribution >= 4 is 17.3 Å². The molecule has 0 saturated heterocycles. The van der Waals surface area contributed by atoms with E-state index in [9.17, 15) is 18.0 Å².